The molecule has 1 unspecified atom stereocenters. The van der Waals surface area contributed by atoms with Crippen molar-refractivity contribution in [3.8, 4) is 5.75 Å². The summed E-state index contributed by atoms with van der Waals surface area (Å²) >= 11 is 0. The van der Waals surface area contributed by atoms with Crippen LogP contribution in [0.5, 0.6) is 5.75 Å². The van der Waals surface area contributed by atoms with Crippen LogP contribution in [-0.4, -0.2) is 52.3 Å². The summed E-state index contributed by atoms with van der Waals surface area (Å²) in [6.45, 7) is 8.02. The first-order valence-corrected chi connectivity index (χ1v) is 10.3. The van der Waals surface area contributed by atoms with E-state index in [0.717, 1.165) is 62.0 Å². The number of aromatic nitrogens is 3. The zero-order valence-electron chi connectivity index (χ0n) is 17.6. The van der Waals surface area contributed by atoms with E-state index < -0.39 is 0 Å². The Kier molecular flexibility index (Phi) is 7.41. The van der Waals surface area contributed by atoms with E-state index in [0.29, 0.717) is 6.54 Å². The smallest absolute Gasteiger partial charge is 0.223 e. The largest absolute Gasteiger partial charge is 0.497 e. The van der Waals surface area contributed by atoms with Crippen molar-refractivity contribution >= 4 is 12.0 Å². The monoisotopic (exact) mass is 397 g/mol. The van der Waals surface area contributed by atoms with Crippen LogP contribution >= 0.6 is 0 Å². The standard InChI is InChI=1S/C22H31N5O2/c1-4-17(2)22(28)23-16-21-25-24-20-11-13-26(14-15-27(20)21)12-5-6-18-7-9-19(29-3)10-8-18/h5-10,17H,4,11-16H2,1-3H3,(H,23,28)/b6-5+. The first-order chi connectivity index (χ1) is 14.1. The summed E-state index contributed by atoms with van der Waals surface area (Å²) < 4.78 is 7.35. The van der Waals surface area contributed by atoms with E-state index >= 15 is 0 Å². The Balaban J connectivity index is 1.51. The number of hydrogen-bond acceptors (Lipinski definition) is 5. The average molecular weight is 398 g/mol. The van der Waals surface area contributed by atoms with Gasteiger partial charge in [-0.05, 0) is 24.1 Å². The van der Waals surface area contributed by atoms with Crippen LogP contribution in [0.25, 0.3) is 6.08 Å². The van der Waals surface area contributed by atoms with Crippen molar-refractivity contribution in [2.45, 2.75) is 39.8 Å². The minimum Gasteiger partial charge on any atom is -0.497 e. The lowest BCUT2D eigenvalue weighted by molar-refractivity contribution is -0.124. The Bertz CT molecular complexity index is 828. The van der Waals surface area contributed by atoms with Crippen LogP contribution in [0.4, 0.5) is 0 Å². The SMILES string of the molecule is CCC(C)C(=O)NCc1nnc2n1CCN(C/C=C/c1ccc(OC)cc1)CC2. The molecular weight excluding hydrogens is 366 g/mol. The minimum absolute atomic E-state index is 0.0227. The molecule has 0 saturated heterocycles. The predicted octanol–water partition coefficient (Wildman–Crippen LogP) is 2.52. The molecule has 0 radical (unpaired) electrons. The quantitative estimate of drug-likeness (QED) is 0.741. The van der Waals surface area contributed by atoms with Gasteiger partial charge in [0.1, 0.15) is 11.6 Å². The molecule has 1 atom stereocenters. The van der Waals surface area contributed by atoms with Gasteiger partial charge in [-0.15, -0.1) is 10.2 Å². The summed E-state index contributed by atoms with van der Waals surface area (Å²) in [6, 6.07) is 8.05. The number of fused-ring (bicyclic) bond motifs is 1. The third kappa shape index (κ3) is 5.67. The van der Waals surface area contributed by atoms with E-state index in [9.17, 15) is 4.79 Å². The van der Waals surface area contributed by atoms with Gasteiger partial charge in [-0.1, -0.05) is 38.1 Å². The molecule has 1 aromatic carbocycles. The summed E-state index contributed by atoms with van der Waals surface area (Å²) in [6.07, 6.45) is 6.03. The number of carbonyl (C=O) groups excluding carboxylic acids is 1. The molecule has 2 aromatic rings. The Morgan fingerprint density at radius 2 is 2.03 bits per heavy atom. The van der Waals surface area contributed by atoms with Gasteiger partial charge in [0.2, 0.25) is 5.91 Å². The van der Waals surface area contributed by atoms with Crippen LogP contribution in [0.1, 0.15) is 37.5 Å². The lowest BCUT2D eigenvalue weighted by Gasteiger charge is -2.17. The Labute approximate surface area is 172 Å². The molecule has 156 valence electrons. The van der Waals surface area contributed by atoms with E-state index in [-0.39, 0.29) is 11.8 Å². The van der Waals surface area contributed by atoms with Crippen LogP contribution in [0.3, 0.4) is 0 Å². The second-order valence-electron chi connectivity index (χ2n) is 7.44. The zero-order valence-corrected chi connectivity index (χ0v) is 17.6. The molecule has 0 bridgehead atoms. The van der Waals surface area contributed by atoms with Crippen molar-refractivity contribution in [2.75, 3.05) is 26.7 Å². The number of nitrogens with one attached hydrogen (secondary N) is 1. The van der Waals surface area contributed by atoms with Crippen molar-refractivity contribution in [1.82, 2.24) is 25.0 Å². The van der Waals surface area contributed by atoms with Crippen LogP contribution in [0.2, 0.25) is 0 Å². The molecule has 0 spiro atoms. The number of nitrogens with zero attached hydrogens (tertiary/aromatic N) is 4. The lowest BCUT2D eigenvalue weighted by atomic mass is 10.1. The molecule has 2 heterocycles. The number of ether oxygens (including phenoxy) is 1. The van der Waals surface area contributed by atoms with Gasteiger partial charge >= 0.3 is 0 Å². The predicted molar refractivity (Wildman–Crippen MR) is 113 cm³/mol. The van der Waals surface area contributed by atoms with Gasteiger partial charge in [0.15, 0.2) is 5.82 Å². The molecule has 1 aliphatic heterocycles. The number of carbonyl (C=O) groups is 1. The maximum atomic E-state index is 12.0. The van der Waals surface area contributed by atoms with Gasteiger partial charge in [-0.3, -0.25) is 9.69 Å². The zero-order chi connectivity index (χ0) is 20.6. The van der Waals surface area contributed by atoms with Crippen LogP contribution in [-0.2, 0) is 24.3 Å². The average Bonchev–Trinajstić information content (AvgIpc) is 3.03. The first-order valence-electron chi connectivity index (χ1n) is 10.3. The van der Waals surface area contributed by atoms with Crippen LogP contribution in [0, 0.1) is 5.92 Å². The first kappa shape index (κ1) is 21.0. The summed E-state index contributed by atoms with van der Waals surface area (Å²) in [5.41, 5.74) is 1.16. The van der Waals surface area contributed by atoms with Gasteiger partial charge in [0.25, 0.3) is 0 Å². The molecule has 29 heavy (non-hydrogen) atoms. The van der Waals surface area contributed by atoms with Crippen molar-refractivity contribution < 1.29 is 9.53 Å². The highest BCUT2D eigenvalue weighted by Crippen LogP contribution is 2.13. The van der Waals surface area contributed by atoms with Gasteiger partial charge in [0, 0.05) is 38.5 Å². The van der Waals surface area contributed by atoms with Crippen LogP contribution < -0.4 is 10.1 Å². The molecule has 0 fully saturated rings. The second kappa shape index (κ2) is 10.2. The molecule has 3 rings (SSSR count). The number of benzene rings is 1. The molecule has 0 saturated carbocycles. The van der Waals surface area contributed by atoms with E-state index in [1.807, 2.05) is 26.0 Å². The van der Waals surface area contributed by atoms with Gasteiger partial charge in [0.05, 0.1) is 13.7 Å². The van der Waals surface area contributed by atoms with E-state index in [4.69, 9.17) is 4.74 Å². The van der Waals surface area contributed by atoms with E-state index in [1.54, 1.807) is 7.11 Å². The molecule has 1 aromatic heterocycles. The minimum atomic E-state index is 0.0227. The molecule has 1 N–H and O–H groups in total. The fourth-order valence-corrected chi connectivity index (χ4v) is 3.32. The highest BCUT2D eigenvalue weighted by atomic mass is 16.5. The van der Waals surface area contributed by atoms with Crippen molar-refractivity contribution in [3.05, 3.63) is 47.6 Å². The van der Waals surface area contributed by atoms with Crippen molar-refractivity contribution in [3.63, 3.8) is 0 Å². The Morgan fingerprint density at radius 1 is 1.24 bits per heavy atom. The van der Waals surface area contributed by atoms with Gasteiger partial charge < -0.3 is 14.6 Å². The number of amides is 1. The highest BCUT2D eigenvalue weighted by Gasteiger charge is 2.19. The number of methoxy groups -OCH3 is 1. The Morgan fingerprint density at radius 3 is 2.76 bits per heavy atom. The second-order valence-corrected chi connectivity index (χ2v) is 7.44. The summed E-state index contributed by atoms with van der Waals surface area (Å²) in [5.74, 6) is 2.80. The normalized spacial score (nSPS) is 15.7. The third-order valence-electron chi connectivity index (χ3n) is 5.47. The number of hydrogen-bond donors (Lipinski definition) is 1. The Hall–Kier alpha value is -2.67. The molecular formula is C22H31N5O2. The van der Waals surface area contributed by atoms with E-state index in [2.05, 4.69) is 49.3 Å². The van der Waals surface area contributed by atoms with Crippen LogP contribution in [0.15, 0.2) is 30.3 Å². The maximum Gasteiger partial charge on any atom is 0.223 e. The summed E-state index contributed by atoms with van der Waals surface area (Å²) in [4.78, 5) is 14.4. The van der Waals surface area contributed by atoms with Gasteiger partial charge in [-0.2, -0.15) is 0 Å². The van der Waals surface area contributed by atoms with Gasteiger partial charge in [-0.25, -0.2) is 0 Å². The molecule has 0 aliphatic carbocycles. The topological polar surface area (TPSA) is 72.3 Å². The molecule has 1 aliphatic rings. The lowest BCUT2D eigenvalue weighted by Crippen LogP contribution is -2.30. The van der Waals surface area contributed by atoms with Crippen molar-refractivity contribution in [1.29, 1.82) is 0 Å². The molecule has 7 nitrogen and oxygen atoms in total. The highest BCUT2D eigenvalue weighted by molar-refractivity contribution is 5.78. The fourth-order valence-electron chi connectivity index (χ4n) is 3.32. The molecule has 7 heteroatoms. The summed E-state index contributed by atoms with van der Waals surface area (Å²) in [5, 5.41) is 11.6. The number of rotatable bonds is 8. The fraction of sp³-hybridized carbons (Fsp3) is 0.500. The maximum absolute atomic E-state index is 12.0. The van der Waals surface area contributed by atoms with E-state index in [1.165, 1.54) is 0 Å². The van der Waals surface area contributed by atoms with Crippen molar-refractivity contribution in [2.24, 2.45) is 5.92 Å². The molecule has 1 amide bonds. The summed E-state index contributed by atoms with van der Waals surface area (Å²) in [7, 11) is 1.68. The third-order valence-corrected chi connectivity index (χ3v) is 5.47.